The quantitative estimate of drug-likeness (QED) is 0.374. The molecule has 0 aliphatic rings. The first kappa shape index (κ1) is 22.3. The molecule has 8 heteroatoms. The molecule has 1 amide bonds. The van der Waals surface area contributed by atoms with Gasteiger partial charge in [-0.3, -0.25) is 4.79 Å². The van der Waals surface area contributed by atoms with Crippen molar-refractivity contribution in [3.63, 3.8) is 0 Å². The second-order valence-electron chi connectivity index (χ2n) is 7.11. The number of ether oxygens (including phenoxy) is 3. The molecule has 0 fully saturated rings. The Morgan fingerprint density at radius 1 is 1.03 bits per heavy atom. The normalized spacial score (nSPS) is 11.0. The largest absolute Gasteiger partial charge is 0.493 e. The summed E-state index contributed by atoms with van der Waals surface area (Å²) in [4.78, 5) is 22.6. The number of nitrogens with one attached hydrogen (secondary N) is 1. The maximum atomic E-state index is 12.7. The SMILES string of the molecule is COc1cc(/C=C/C(=O)Nc2cccc(-c3nc4cccnc4s3)c2C)cc(OC)c1OC. The molecule has 0 radical (unpaired) electrons. The van der Waals surface area contributed by atoms with E-state index in [-0.39, 0.29) is 5.91 Å². The standard InChI is InChI=1S/C25H23N3O4S/c1-15-17(24-28-19-9-6-12-26-25(19)33-24)7-5-8-18(15)27-22(29)11-10-16-13-20(30-2)23(32-4)21(14-16)31-3/h5-14H,1-4H3,(H,27,29)/b11-10+. The van der Waals surface area contributed by atoms with E-state index in [0.717, 1.165) is 37.7 Å². The highest BCUT2D eigenvalue weighted by Crippen LogP contribution is 2.38. The van der Waals surface area contributed by atoms with Crippen molar-refractivity contribution < 1.29 is 19.0 Å². The molecule has 0 spiro atoms. The molecule has 33 heavy (non-hydrogen) atoms. The highest BCUT2D eigenvalue weighted by atomic mass is 32.1. The van der Waals surface area contributed by atoms with Gasteiger partial charge in [0.25, 0.3) is 0 Å². The fraction of sp³-hybridized carbons (Fsp3) is 0.160. The van der Waals surface area contributed by atoms with Crippen molar-refractivity contribution in [2.45, 2.75) is 6.92 Å². The number of benzene rings is 2. The number of rotatable bonds is 7. The van der Waals surface area contributed by atoms with Gasteiger partial charge < -0.3 is 19.5 Å². The Bertz CT molecular complexity index is 1290. The Morgan fingerprint density at radius 3 is 2.45 bits per heavy atom. The van der Waals surface area contributed by atoms with Crippen LogP contribution in [0.3, 0.4) is 0 Å². The Hall–Kier alpha value is -3.91. The molecule has 0 bridgehead atoms. The van der Waals surface area contributed by atoms with Crippen molar-refractivity contribution in [1.82, 2.24) is 9.97 Å². The maximum Gasteiger partial charge on any atom is 0.248 e. The predicted molar refractivity (Wildman–Crippen MR) is 131 cm³/mol. The van der Waals surface area contributed by atoms with Crippen LogP contribution in [0.5, 0.6) is 17.2 Å². The van der Waals surface area contributed by atoms with Crippen molar-refractivity contribution in [2.75, 3.05) is 26.6 Å². The number of thiazole rings is 1. The smallest absolute Gasteiger partial charge is 0.248 e. The number of methoxy groups -OCH3 is 3. The number of pyridine rings is 1. The van der Waals surface area contributed by atoms with Crippen molar-refractivity contribution in [3.05, 3.63) is 65.9 Å². The molecule has 2 aromatic carbocycles. The van der Waals surface area contributed by atoms with Gasteiger partial charge in [-0.2, -0.15) is 0 Å². The van der Waals surface area contributed by atoms with Crippen molar-refractivity contribution >= 4 is 39.4 Å². The molecule has 4 rings (SSSR count). The topological polar surface area (TPSA) is 82.6 Å². The fourth-order valence-corrected chi connectivity index (χ4v) is 4.42. The average Bonchev–Trinajstić information content (AvgIpc) is 3.27. The van der Waals surface area contributed by atoms with Gasteiger partial charge >= 0.3 is 0 Å². The number of anilines is 1. The van der Waals surface area contributed by atoms with Crippen LogP contribution in [0.2, 0.25) is 0 Å². The van der Waals surface area contributed by atoms with E-state index in [1.165, 1.54) is 17.4 Å². The summed E-state index contributed by atoms with van der Waals surface area (Å²) in [6.07, 6.45) is 4.92. The summed E-state index contributed by atoms with van der Waals surface area (Å²) in [5.74, 6) is 1.28. The van der Waals surface area contributed by atoms with Gasteiger partial charge in [-0.05, 0) is 54.5 Å². The Kier molecular flexibility index (Phi) is 6.55. The maximum absolute atomic E-state index is 12.7. The Balaban J connectivity index is 1.56. The van der Waals surface area contributed by atoms with Crippen LogP contribution in [0, 0.1) is 6.92 Å². The number of nitrogens with zero attached hydrogens (tertiary/aromatic N) is 2. The molecule has 0 unspecified atom stereocenters. The van der Waals surface area contributed by atoms with E-state index in [0.29, 0.717) is 17.2 Å². The summed E-state index contributed by atoms with van der Waals surface area (Å²) in [5, 5.41) is 3.82. The summed E-state index contributed by atoms with van der Waals surface area (Å²) in [7, 11) is 4.65. The van der Waals surface area contributed by atoms with E-state index < -0.39 is 0 Å². The molecule has 0 saturated carbocycles. The van der Waals surface area contributed by atoms with Crippen LogP contribution in [-0.4, -0.2) is 37.2 Å². The van der Waals surface area contributed by atoms with Gasteiger partial charge in [-0.15, -0.1) is 0 Å². The number of fused-ring (bicyclic) bond motifs is 1. The van der Waals surface area contributed by atoms with Crippen LogP contribution in [0.15, 0.2) is 54.7 Å². The van der Waals surface area contributed by atoms with Crippen LogP contribution < -0.4 is 19.5 Å². The van der Waals surface area contributed by atoms with Crippen LogP contribution in [0.4, 0.5) is 5.69 Å². The lowest BCUT2D eigenvalue weighted by Gasteiger charge is -2.13. The van der Waals surface area contributed by atoms with E-state index in [9.17, 15) is 4.79 Å². The Morgan fingerprint density at radius 2 is 1.79 bits per heavy atom. The molecule has 0 aliphatic carbocycles. The van der Waals surface area contributed by atoms with Crippen LogP contribution in [0.25, 0.3) is 27.0 Å². The van der Waals surface area contributed by atoms with Gasteiger partial charge in [0.15, 0.2) is 11.5 Å². The molecule has 4 aromatic rings. The zero-order valence-electron chi connectivity index (χ0n) is 18.7. The summed E-state index contributed by atoms with van der Waals surface area (Å²) >= 11 is 1.53. The van der Waals surface area contributed by atoms with Crippen molar-refractivity contribution in [3.8, 4) is 27.8 Å². The summed E-state index contributed by atoms with van der Waals surface area (Å²) in [6.45, 7) is 1.97. The first-order chi connectivity index (χ1) is 16.0. The minimum Gasteiger partial charge on any atom is -0.493 e. The summed E-state index contributed by atoms with van der Waals surface area (Å²) in [5.41, 5.74) is 4.22. The summed E-state index contributed by atoms with van der Waals surface area (Å²) < 4.78 is 16.1. The van der Waals surface area contributed by atoms with Crippen LogP contribution in [0.1, 0.15) is 11.1 Å². The predicted octanol–water partition coefficient (Wildman–Crippen LogP) is 5.34. The molecular weight excluding hydrogens is 438 g/mol. The number of aromatic nitrogens is 2. The lowest BCUT2D eigenvalue weighted by atomic mass is 10.1. The second kappa shape index (κ2) is 9.70. The zero-order valence-corrected chi connectivity index (χ0v) is 19.5. The minimum atomic E-state index is -0.255. The molecule has 1 N–H and O–H groups in total. The van der Waals surface area contributed by atoms with Gasteiger partial charge in [0.2, 0.25) is 11.7 Å². The van der Waals surface area contributed by atoms with E-state index in [1.54, 1.807) is 45.7 Å². The van der Waals surface area contributed by atoms with Gasteiger partial charge in [-0.25, -0.2) is 9.97 Å². The van der Waals surface area contributed by atoms with Crippen molar-refractivity contribution in [1.29, 1.82) is 0 Å². The van der Waals surface area contributed by atoms with E-state index in [1.807, 2.05) is 37.3 Å². The minimum absolute atomic E-state index is 0.255. The molecule has 2 aromatic heterocycles. The molecule has 0 saturated heterocycles. The van der Waals surface area contributed by atoms with Gasteiger partial charge in [0, 0.05) is 23.5 Å². The monoisotopic (exact) mass is 461 g/mol. The van der Waals surface area contributed by atoms with E-state index in [2.05, 4.69) is 15.3 Å². The second-order valence-corrected chi connectivity index (χ2v) is 8.08. The first-order valence-electron chi connectivity index (χ1n) is 10.1. The molecule has 168 valence electrons. The average molecular weight is 462 g/mol. The van der Waals surface area contributed by atoms with E-state index in [4.69, 9.17) is 14.2 Å². The highest BCUT2D eigenvalue weighted by Gasteiger charge is 2.14. The lowest BCUT2D eigenvalue weighted by Crippen LogP contribution is -2.09. The van der Waals surface area contributed by atoms with Gasteiger partial charge in [0.05, 0.1) is 21.3 Å². The fourth-order valence-electron chi connectivity index (χ4n) is 3.43. The first-order valence-corrected chi connectivity index (χ1v) is 11.0. The number of carbonyl (C=O) groups excluding carboxylic acids is 1. The van der Waals surface area contributed by atoms with Gasteiger partial charge in [-0.1, -0.05) is 23.5 Å². The molecular formula is C25H23N3O4S. The number of carbonyl (C=O) groups is 1. The third-order valence-corrected chi connectivity index (χ3v) is 6.12. The van der Waals surface area contributed by atoms with Crippen LogP contribution >= 0.6 is 11.3 Å². The van der Waals surface area contributed by atoms with E-state index >= 15 is 0 Å². The number of hydrogen-bond donors (Lipinski definition) is 1. The third kappa shape index (κ3) is 4.65. The number of hydrogen-bond acceptors (Lipinski definition) is 7. The van der Waals surface area contributed by atoms with Crippen molar-refractivity contribution in [2.24, 2.45) is 0 Å². The third-order valence-electron chi connectivity index (χ3n) is 5.10. The number of amides is 1. The molecule has 0 atom stereocenters. The summed E-state index contributed by atoms with van der Waals surface area (Å²) in [6, 6.07) is 13.1. The highest BCUT2D eigenvalue weighted by molar-refractivity contribution is 7.21. The molecule has 2 heterocycles. The molecule has 0 aliphatic heterocycles. The lowest BCUT2D eigenvalue weighted by molar-refractivity contribution is -0.111. The molecule has 7 nitrogen and oxygen atoms in total. The van der Waals surface area contributed by atoms with Gasteiger partial charge in [0.1, 0.15) is 15.4 Å². The Labute approximate surface area is 195 Å². The zero-order chi connectivity index (χ0) is 23.4. The van der Waals surface area contributed by atoms with Crippen LogP contribution in [-0.2, 0) is 4.79 Å².